The normalized spacial score (nSPS) is 16.8. The van der Waals surface area contributed by atoms with E-state index in [2.05, 4.69) is 24.4 Å². The van der Waals surface area contributed by atoms with Crippen LogP contribution >= 0.6 is 0 Å². The molecule has 2 aromatic rings. The van der Waals surface area contributed by atoms with E-state index in [4.69, 9.17) is 0 Å². The molecule has 1 saturated heterocycles. The summed E-state index contributed by atoms with van der Waals surface area (Å²) in [6.45, 7) is 7.07. The van der Waals surface area contributed by atoms with Crippen molar-refractivity contribution in [2.45, 2.75) is 38.8 Å². The van der Waals surface area contributed by atoms with Crippen LogP contribution in [0.3, 0.4) is 0 Å². The van der Waals surface area contributed by atoms with Gasteiger partial charge in [0.1, 0.15) is 0 Å². The van der Waals surface area contributed by atoms with E-state index in [-0.39, 0.29) is 23.9 Å². The molecule has 2 amide bonds. The van der Waals surface area contributed by atoms with Gasteiger partial charge in [0.2, 0.25) is 0 Å². The van der Waals surface area contributed by atoms with Crippen molar-refractivity contribution in [2.75, 3.05) is 26.2 Å². The minimum atomic E-state index is -0.132. The minimum absolute atomic E-state index is 0.0523. The Balaban J connectivity index is 1.55. The molecule has 1 fully saturated rings. The predicted octanol–water partition coefficient (Wildman–Crippen LogP) is 2.07. The highest BCUT2D eigenvalue weighted by Gasteiger charge is 2.32. The zero-order valence-corrected chi connectivity index (χ0v) is 17.4. The van der Waals surface area contributed by atoms with Gasteiger partial charge in [-0.25, -0.2) is 0 Å². The highest BCUT2D eigenvalue weighted by atomic mass is 16.2. The number of benzene rings is 2. The number of hydrogen-bond donors (Lipinski definition) is 2. The van der Waals surface area contributed by atoms with Crippen molar-refractivity contribution < 1.29 is 14.5 Å². The van der Waals surface area contributed by atoms with E-state index in [0.29, 0.717) is 13.1 Å². The molecule has 154 valence electrons. The number of amides is 2. The van der Waals surface area contributed by atoms with Crippen molar-refractivity contribution in [3.05, 3.63) is 71.8 Å². The number of hydrogen-bond acceptors (Lipinski definition) is 2. The quantitative estimate of drug-likeness (QED) is 0.755. The first-order valence-corrected chi connectivity index (χ1v) is 10.6. The lowest BCUT2D eigenvalue weighted by Crippen LogP contribution is -3.19. The Morgan fingerprint density at radius 3 is 2.17 bits per heavy atom. The molecule has 29 heavy (non-hydrogen) atoms. The maximum atomic E-state index is 12.9. The van der Waals surface area contributed by atoms with Crippen LogP contribution in [0.5, 0.6) is 0 Å². The maximum absolute atomic E-state index is 12.9. The molecule has 3 rings (SSSR count). The van der Waals surface area contributed by atoms with Crippen LogP contribution in [-0.4, -0.2) is 48.9 Å². The highest BCUT2D eigenvalue weighted by Crippen LogP contribution is 2.18. The summed E-state index contributed by atoms with van der Waals surface area (Å²) in [4.78, 5) is 28.7. The van der Waals surface area contributed by atoms with Gasteiger partial charge < -0.3 is 15.1 Å². The molecule has 5 heteroatoms. The van der Waals surface area contributed by atoms with Crippen molar-refractivity contribution >= 4 is 11.8 Å². The van der Waals surface area contributed by atoms with Gasteiger partial charge in [-0.15, -0.1) is 0 Å². The summed E-state index contributed by atoms with van der Waals surface area (Å²) in [5, 5.41) is 3.25. The Labute approximate surface area is 173 Å². The molecular formula is C24H32N3O2+. The van der Waals surface area contributed by atoms with Crippen molar-refractivity contribution in [1.82, 2.24) is 10.2 Å². The number of carbonyl (C=O) groups excluding carboxylic acids is 2. The zero-order valence-electron chi connectivity index (χ0n) is 17.4. The summed E-state index contributed by atoms with van der Waals surface area (Å²) in [5.41, 5.74) is 1.88. The van der Waals surface area contributed by atoms with Gasteiger partial charge in [0, 0.05) is 5.56 Å². The van der Waals surface area contributed by atoms with E-state index in [9.17, 15) is 9.59 Å². The van der Waals surface area contributed by atoms with Crippen LogP contribution in [0.2, 0.25) is 0 Å². The fourth-order valence-corrected chi connectivity index (χ4v) is 3.97. The third-order valence-corrected chi connectivity index (χ3v) is 5.82. The average molecular weight is 395 g/mol. The van der Waals surface area contributed by atoms with E-state index < -0.39 is 0 Å². The lowest BCUT2D eigenvalue weighted by atomic mass is 10.0. The molecule has 2 atom stereocenters. The van der Waals surface area contributed by atoms with Gasteiger partial charge in [-0.1, -0.05) is 61.9 Å². The molecule has 0 unspecified atom stereocenters. The third kappa shape index (κ3) is 5.45. The molecule has 1 aliphatic rings. The molecule has 1 heterocycles. The molecule has 1 aliphatic heterocycles. The first-order chi connectivity index (χ1) is 14.1. The number of rotatable bonds is 7. The molecule has 5 nitrogen and oxygen atoms in total. The van der Waals surface area contributed by atoms with E-state index in [1.807, 2.05) is 60.4 Å². The van der Waals surface area contributed by atoms with Crippen LogP contribution in [0.15, 0.2) is 60.7 Å². The van der Waals surface area contributed by atoms with E-state index in [1.54, 1.807) is 0 Å². The summed E-state index contributed by atoms with van der Waals surface area (Å²) < 4.78 is 0. The first-order valence-electron chi connectivity index (χ1n) is 10.6. The largest absolute Gasteiger partial charge is 0.344 e. The number of quaternary nitrogens is 1. The maximum Gasteiger partial charge on any atom is 0.278 e. The van der Waals surface area contributed by atoms with E-state index in [0.717, 1.165) is 37.1 Å². The molecule has 0 aliphatic carbocycles. The molecule has 2 N–H and O–H groups in total. The number of nitrogens with zero attached hydrogens (tertiary/aromatic N) is 1. The second-order valence-electron chi connectivity index (χ2n) is 7.80. The Hall–Kier alpha value is -2.66. The van der Waals surface area contributed by atoms with E-state index >= 15 is 0 Å². The first kappa shape index (κ1) is 21.1. The molecule has 0 aromatic heterocycles. The highest BCUT2D eigenvalue weighted by molar-refractivity contribution is 5.94. The van der Waals surface area contributed by atoms with Crippen LogP contribution in [0.4, 0.5) is 0 Å². The second kappa shape index (κ2) is 10.2. The molecular weight excluding hydrogens is 362 g/mol. The molecule has 0 spiro atoms. The fourth-order valence-electron chi connectivity index (χ4n) is 3.97. The zero-order chi connectivity index (χ0) is 20.6. The average Bonchev–Trinajstić information content (AvgIpc) is 2.79. The van der Waals surface area contributed by atoms with Crippen molar-refractivity contribution in [1.29, 1.82) is 0 Å². The molecule has 0 bridgehead atoms. The topological polar surface area (TPSA) is 53.9 Å². The molecule has 0 saturated carbocycles. The second-order valence-corrected chi connectivity index (χ2v) is 7.80. The SMILES string of the molecule is CCC[C@@H](NC(=O)[C@@H](C)[NH+]1CCN(C(=O)c2ccccc2)CC1)c1ccccc1. The number of nitrogens with one attached hydrogen (secondary N) is 2. The van der Waals surface area contributed by atoms with Crippen molar-refractivity contribution in [2.24, 2.45) is 0 Å². The summed E-state index contributed by atoms with van der Waals surface area (Å²) in [6.07, 6.45) is 1.94. The van der Waals surface area contributed by atoms with Crippen molar-refractivity contribution in [3.63, 3.8) is 0 Å². The molecule has 0 radical (unpaired) electrons. The van der Waals surface area contributed by atoms with Gasteiger partial charge in [-0.2, -0.15) is 0 Å². The minimum Gasteiger partial charge on any atom is -0.344 e. The summed E-state index contributed by atoms with van der Waals surface area (Å²) in [5.74, 6) is 0.166. The lowest BCUT2D eigenvalue weighted by Gasteiger charge is -2.35. The lowest BCUT2D eigenvalue weighted by molar-refractivity contribution is -0.917. The standard InChI is InChI=1S/C24H31N3O2/c1-3-10-22(20-11-6-4-7-12-20)25-23(28)19(2)26-15-17-27(18-16-26)24(29)21-13-8-5-9-14-21/h4-9,11-14,19,22H,3,10,15-18H2,1-2H3,(H,25,28)/p+1/t19-,22-/m1/s1. The smallest absolute Gasteiger partial charge is 0.278 e. The summed E-state index contributed by atoms with van der Waals surface area (Å²) in [7, 11) is 0. The van der Waals surface area contributed by atoms with Crippen LogP contribution in [0.1, 0.15) is 48.7 Å². The Morgan fingerprint density at radius 2 is 1.59 bits per heavy atom. The van der Waals surface area contributed by atoms with Crippen LogP contribution in [-0.2, 0) is 4.79 Å². The van der Waals surface area contributed by atoms with Gasteiger partial charge in [0.05, 0.1) is 32.2 Å². The summed E-state index contributed by atoms with van der Waals surface area (Å²) >= 11 is 0. The molecule has 2 aromatic carbocycles. The van der Waals surface area contributed by atoms with Gasteiger partial charge in [0.25, 0.3) is 11.8 Å². The van der Waals surface area contributed by atoms with Crippen LogP contribution in [0, 0.1) is 0 Å². The Kier molecular flexibility index (Phi) is 7.42. The van der Waals surface area contributed by atoms with Crippen molar-refractivity contribution in [3.8, 4) is 0 Å². The Morgan fingerprint density at radius 1 is 1.00 bits per heavy atom. The third-order valence-electron chi connectivity index (χ3n) is 5.82. The number of piperazine rings is 1. The van der Waals surface area contributed by atoms with Gasteiger partial charge >= 0.3 is 0 Å². The summed E-state index contributed by atoms with van der Waals surface area (Å²) in [6, 6.07) is 19.5. The van der Waals surface area contributed by atoms with Gasteiger partial charge in [-0.05, 0) is 31.0 Å². The van der Waals surface area contributed by atoms with Crippen LogP contribution < -0.4 is 10.2 Å². The van der Waals surface area contributed by atoms with Gasteiger partial charge in [0.15, 0.2) is 6.04 Å². The number of carbonyl (C=O) groups is 2. The van der Waals surface area contributed by atoms with Gasteiger partial charge in [-0.3, -0.25) is 9.59 Å². The Bertz CT molecular complexity index is 786. The fraction of sp³-hybridized carbons (Fsp3) is 0.417. The van der Waals surface area contributed by atoms with Crippen LogP contribution in [0.25, 0.3) is 0 Å². The predicted molar refractivity (Wildman–Crippen MR) is 115 cm³/mol. The van der Waals surface area contributed by atoms with E-state index in [1.165, 1.54) is 4.90 Å². The monoisotopic (exact) mass is 394 g/mol.